The van der Waals surface area contributed by atoms with Crippen molar-refractivity contribution in [3.8, 4) is 0 Å². The van der Waals surface area contributed by atoms with E-state index in [0.717, 1.165) is 6.08 Å². The summed E-state index contributed by atoms with van der Waals surface area (Å²) in [4.78, 5) is 27.6. The van der Waals surface area contributed by atoms with E-state index in [2.05, 4.69) is 10.3 Å². The lowest BCUT2D eigenvalue weighted by Gasteiger charge is -2.06. The van der Waals surface area contributed by atoms with Crippen molar-refractivity contribution in [1.29, 1.82) is 0 Å². The van der Waals surface area contributed by atoms with Crippen LogP contribution in [0, 0.1) is 5.82 Å². The second-order valence-corrected chi connectivity index (χ2v) is 5.54. The summed E-state index contributed by atoms with van der Waals surface area (Å²) < 4.78 is 20.0. The molecule has 0 spiro atoms. The lowest BCUT2D eigenvalue weighted by atomic mass is 10.3. The zero-order chi connectivity index (χ0) is 18.5. The molecule has 3 aromatic rings. The molecular formula is C18H13ClFN3O3. The maximum atomic E-state index is 13.4. The highest BCUT2D eigenvalue weighted by atomic mass is 35.5. The van der Waals surface area contributed by atoms with Gasteiger partial charge in [0.05, 0.1) is 11.4 Å². The highest BCUT2D eigenvalue weighted by molar-refractivity contribution is 6.31. The molecule has 1 amide bonds. The minimum Gasteiger partial charge on any atom is -0.452 e. The van der Waals surface area contributed by atoms with Gasteiger partial charge in [0.2, 0.25) is 0 Å². The van der Waals surface area contributed by atoms with E-state index in [1.54, 1.807) is 28.8 Å². The van der Waals surface area contributed by atoms with Crippen molar-refractivity contribution in [2.45, 2.75) is 0 Å². The Hall–Kier alpha value is -3.19. The molecule has 0 aliphatic carbocycles. The molecule has 2 heterocycles. The predicted molar refractivity (Wildman–Crippen MR) is 95.2 cm³/mol. The van der Waals surface area contributed by atoms with Gasteiger partial charge in [-0.15, -0.1) is 0 Å². The molecule has 0 saturated heterocycles. The highest BCUT2D eigenvalue weighted by Gasteiger charge is 2.10. The molecule has 0 aliphatic heterocycles. The molecule has 0 fully saturated rings. The third-order valence-electron chi connectivity index (χ3n) is 3.39. The van der Waals surface area contributed by atoms with Crippen LogP contribution >= 0.6 is 11.6 Å². The Labute approximate surface area is 152 Å². The minimum absolute atomic E-state index is 0.0154. The number of nitrogens with zero attached hydrogens (tertiary/aromatic N) is 2. The van der Waals surface area contributed by atoms with E-state index in [1.165, 1.54) is 24.3 Å². The summed E-state index contributed by atoms with van der Waals surface area (Å²) in [6.07, 6.45) is 4.33. The number of nitrogens with one attached hydrogen (secondary N) is 1. The summed E-state index contributed by atoms with van der Waals surface area (Å²) in [5.41, 5.74) is 1.16. The van der Waals surface area contributed by atoms with Crippen LogP contribution in [0.4, 0.5) is 10.1 Å². The normalized spacial score (nSPS) is 11.0. The first-order valence-electron chi connectivity index (χ1n) is 7.56. The second-order valence-electron chi connectivity index (χ2n) is 5.19. The first-order chi connectivity index (χ1) is 12.5. The van der Waals surface area contributed by atoms with Crippen LogP contribution in [0.5, 0.6) is 0 Å². The van der Waals surface area contributed by atoms with Crippen molar-refractivity contribution in [3.05, 3.63) is 71.4 Å². The summed E-state index contributed by atoms with van der Waals surface area (Å²) in [7, 11) is 0. The van der Waals surface area contributed by atoms with Crippen molar-refractivity contribution < 1.29 is 18.7 Å². The molecule has 2 aromatic heterocycles. The standard InChI is InChI=1S/C18H13ClFN3O3/c19-18-14(23-10-4-3-7-15(23)22-18)8-9-17(25)26-11-16(24)21-13-6-2-1-5-12(13)20/h1-10H,11H2,(H,21,24)/b9-8+. The Kier molecular flexibility index (Phi) is 5.28. The van der Waals surface area contributed by atoms with Crippen molar-refractivity contribution in [2.75, 3.05) is 11.9 Å². The van der Waals surface area contributed by atoms with Crippen LogP contribution in [-0.2, 0) is 14.3 Å². The van der Waals surface area contributed by atoms with Gasteiger partial charge in [-0.3, -0.25) is 9.20 Å². The molecule has 0 atom stereocenters. The summed E-state index contributed by atoms with van der Waals surface area (Å²) >= 11 is 6.05. The molecule has 3 rings (SSSR count). The molecule has 0 aliphatic rings. The molecule has 0 saturated carbocycles. The van der Waals surface area contributed by atoms with Crippen LogP contribution in [0.1, 0.15) is 5.69 Å². The zero-order valence-electron chi connectivity index (χ0n) is 13.4. The van der Waals surface area contributed by atoms with E-state index in [0.29, 0.717) is 11.3 Å². The Morgan fingerprint density at radius 2 is 2.00 bits per heavy atom. The van der Waals surface area contributed by atoms with Crippen molar-refractivity contribution >= 4 is 40.9 Å². The number of imidazole rings is 1. The Bertz CT molecular complexity index is 1000. The number of fused-ring (bicyclic) bond motifs is 1. The molecular weight excluding hydrogens is 361 g/mol. The number of pyridine rings is 1. The fourth-order valence-corrected chi connectivity index (χ4v) is 2.46. The number of ether oxygens (including phenoxy) is 1. The fraction of sp³-hybridized carbons (Fsp3) is 0.0556. The topological polar surface area (TPSA) is 72.7 Å². The van der Waals surface area contributed by atoms with Gasteiger partial charge in [-0.2, -0.15) is 0 Å². The number of benzene rings is 1. The Morgan fingerprint density at radius 1 is 1.23 bits per heavy atom. The number of para-hydroxylation sites is 1. The molecule has 132 valence electrons. The summed E-state index contributed by atoms with van der Waals surface area (Å²) in [6, 6.07) is 11.1. The lowest BCUT2D eigenvalue weighted by Crippen LogP contribution is -2.20. The molecule has 1 N–H and O–H groups in total. The maximum absolute atomic E-state index is 13.4. The molecule has 26 heavy (non-hydrogen) atoms. The summed E-state index contributed by atoms with van der Waals surface area (Å²) in [5.74, 6) is -1.96. The second kappa shape index (κ2) is 7.79. The third kappa shape index (κ3) is 4.07. The van der Waals surface area contributed by atoms with Crippen molar-refractivity contribution in [3.63, 3.8) is 0 Å². The average Bonchev–Trinajstić information content (AvgIpc) is 2.95. The molecule has 0 radical (unpaired) electrons. The smallest absolute Gasteiger partial charge is 0.331 e. The first kappa shape index (κ1) is 17.6. The number of hydrogen-bond donors (Lipinski definition) is 1. The van der Waals surface area contributed by atoms with Gasteiger partial charge in [-0.1, -0.05) is 29.8 Å². The van der Waals surface area contributed by atoms with Crippen LogP contribution < -0.4 is 5.32 Å². The Morgan fingerprint density at radius 3 is 2.81 bits per heavy atom. The number of aromatic nitrogens is 2. The minimum atomic E-state index is -0.740. The predicted octanol–water partition coefficient (Wildman–Crippen LogP) is 3.32. The van der Waals surface area contributed by atoms with E-state index in [9.17, 15) is 14.0 Å². The number of amides is 1. The third-order valence-corrected chi connectivity index (χ3v) is 3.67. The van der Waals surface area contributed by atoms with Crippen molar-refractivity contribution in [1.82, 2.24) is 9.38 Å². The summed E-state index contributed by atoms with van der Waals surface area (Å²) in [6.45, 7) is -0.543. The zero-order valence-corrected chi connectivity index (χ0v) is 14.1. The number of anilines is 1. The van der Waals surface area contributed by atoms with Crippen LogP contribution in [0.15, 0.2) is 54.7 Å². The molecule has 8 heteroatoms. The van der Waals surface area contributed by atoms with Gasteiger partial charge in [-0.25, -0.2) is 14.2 Å². The number of hydrogen-bond acceptors (Lipinski definition) is 4. The van der Waals surface area contributed by atoms with Gasteiger partial charge in [0, 0.05) is 12.3 Å². The van der Waals surface area contributed by atoms with Gasteiger partial charge in [0.15, 0.2) is 11.8 Å². The monoisotopic (exact) mass is 373 g/mol. The average molecular weight is 374 g/mol. The highest BCUT2D eigenvalue weighted by Crippen LogP contribution is 2.18. The van der Waals surface area contributed by atoms with E-state index >= 15 is 0 Å². The van der Waals surface area contributed by atoms with Crippen LogP contribution in [0.3, 0.4) is 0 Å². The van der Waals surface area contributed by atoms with Gasteiger partial charge in [0.25, 0.3) is 5.91 Å². The fourth-order valence-electron chi connectivity index (χ4n) is 2.22. The van der Waals surface area contributed by atoms with Gasteiger partial charge in [0.1, 0.15) is 11.5 Å². The number of rotatable bonds is 5. The Balaban J connectivity index is 1.58. The number of halogens is 2. The van der Waals surface area contributed by atoms with Gasteiger partial charge < -0.3 is 10.1 Å². The number of esters is 1. The molecule has 0 unspecified atom stereocenters. The van der Waals surface area contributed by atoms with Crippen LogP contribution in [0.2, 0.25) is 5.15 Å². The first-order valence-corrected chi connectivity index (χ1v) is 7.94. The summed E-state index contributed by atoms with van der Waals surface area (Å²) in [5, 5.41) is 2.55. The molecule has 0 bridgehead atoms. The van der Waals surface area contributed by atoms with Gasteiger partial charge >= 0.3 is 5.97 Å². The maximum Gasteiger partial charge on any atom is 0.331 e. The van der Waals surface area contributed by atoms with E-state index in [4.69, 9.17) is 16.3 Å². The number of carbonyl (C=O) groups is 2. The van der Waals surface area contributed by atoms with E-state index < -0.39 is 24.3 Å². The van der Waals surface area contributed by atoms with Crippen LogP contribution in [0.25, 0.3) is 11.7 Å². The van der Waals surface area contributed by atoms with E-state index in [-0.39, 0.29) is 10.8 Å². The molecule has 6 nitrogen and oxygen atoms in total. The van der Waals surface area contributed by atoms with E-state index in [1.807, 2.05) is 6.07 Å². The number of carbonyl (C=O) groups excluding carboxylic acids is 2. The largest absolute Gasteiger partial charge is 0.452 e. The van der Waals surface area contributed by atoms with Gasteiger partial charge in [-0.05, 0) is 30.3 Å². The quantitative estimate of drug-likeness (QED) is 0.550. The van der Waals surface area contributed by atoms with Crippen molar-refractivity contribution in [2.24, 2.45) is 0 Å². The molecule has 1 aromatic carbocycles. The van der Waals surface area contributed by atoms with Crippen LogP contribution in [-0.4, -0.2) is 27.9 Å². The SMILES string of the molecule is O=C(COC(=O)/C=C/c1c(Cl)nc2ccccn12)Nc1ccccc1F. The lowest BCUT2D eigenvalue weighted by molar-refractivity contribution is -0.142.